The molecular formula is C17H20INO3. The molecule has 2 unspecified atom stereocenters. The Kier molecular flexibility index (Phi) is 4.20. The molecule has 5 heteroatoms. The van der Waals surface area contributed by atoms with E-state index >= 15 is 0 Å². The minimum absolute atomic E-state index is 0.109. The first-order chi connectivity index (χ1) is 10.5. The molecule has 4 nitrogen and oxygen atoms in total. The van der Waals surface area contributed by atoms with E-state index in [4.69, 9.17) is 9.47 Å². The topological polar surface area (TPSA) is 38.8 Å². The van der Waals surface area contributed by atoms with E-state index in [1.165, 1.54) is 5.56 Å². The zero-order valence-corrected chi connectivity index (χ0v) is 15.2. The molecule has 118 valence electrons. The average Bonchev–Trinajstić information content (AvgIpc) is 2.84. The summed E-state index contributed by atoms with van der Waals surface area (Å²) < 4.78 is 12.0. The summed E-state index contributed by atoms with van der Waals surface area (Å²) in [4.78, 5) is 14.2. The maximum atomic E-state index is 11.9. The Balaban J connectivity index is 2.15. The molecule has 0 spiro atoms. The van der Waals surface area contributed by atoms with Gasteiger partial charge in [-0.2, -0.15) is 0 Å². The zero-order chi connectivity index (χ0) is 15.9. The Morgan fingerprint density at radius 1 is 1.32 bits per heavy atom. The van der Waals surface area contributed by atoms with Crippen molar-refractivity contribution >= 4 is 28.4 Å². The van der Waals surface area contributed by atoms with Crippen LogP contribution in [-0.2, 0) is 10.2 Å². The van der Waals surface area contributed by atoms with Crippen LogP contribution in [0, 0.1) is 3.57 Å². The van der Waals surface area contributed by atoms with Crippen molar-refractivity contribution in [3.8, 4) is 11.5 Å². The van der Waals surface area contributed by atoms with E-state index in [2.05, 4.69) is 52.7 Å². The fourth-order valence-electron chi connectivity index (χ4n) is 3.73. The number of nitrogens with zero attached hydrogens (tertiary/aromatic N) is 1. The van der Waals surface area contributed by atoms with E-state index in [0.717, 1.165) is 28.0 Å². The van der Waals surface area contributed by atoms with Crippen molar-refractivity contribution in [2.24, 2.45) is 0 Å². The van der Waals surface area contributed by atoms with Crippen LogP contribution in [0.25, 0.3) is 0 Å². The van der Waals surface area contributed by atoms with Gasteiger partial charge in [0, 0.05) is 17.9 Å². The number of benzene rings is 1. The van der Waals surface area contributed by atoms with Crippen molar-refractivity contribution in [1.29, 1.82) is 0 Å². The van der Waals surface area contributed by atoms with Crippen LogP contribution in [0.3, 0.4) is 0 Å². The molecule has 0 N–H and O–H groups in total. The van der Waals surface area contributed by atoms with Crippen LogP contribution in [0.5, 0.6) is 11.5 Å². The normalized spacial score (nSPS) is 27.8. The summed E-state index contributed by atoms with van der Waals surface area (Å²) >= 11 is 2.28. The largest absolute Gasteiger partial charge is 0.493 e. The average molecular weight is 413 g/mol. The predicted octanol–water partition coefficient (Wildman–Crippen LogP) is 2.78. The molecule has 0 bridgehead atoms. The van der Waals surface area contributed by atoms with Crippen molar-refractivity contribution in [1.82, 2.24) is 4.90 Å². The first-order valence-electron chi connectivity index (χ1n) is 7.36. The second-order valence-corrected chi connectivity index (χ2v) is 7.15. The molecule has 0 aromatic heterocycles. The lowest BCUT2D eigenvalue weighted by Crippen LogP contribution is -2.43. The molecule has 2 atom stereocenters. The monoisotopic (exact) mass is 413 g/mol. The highest BCUT2D eigenvalue weighted by Gasteiger charge is 2.48. The van der Waals surface area contributed by atoms with Crippen LogP contribution in [0.4, 0.5) is 0 Å². The summed E-state index contributed by atoms with van der Waals surface area (Å²) in [5.41, 5.74) is 1.09. The fraction of sp³-hybridized carbons (Fsp3) is 0.471. The van der Waals surface area contributed by atoms with Gasteiger partial charge in [-0.15, -0.1) is 0 Å². The van der Waals surface area contributed by atoms with Gasteiger partial charge in [0.05, 0.1) is 17.8 Å². The van der Waals surface area contributed by atoms with Gasteiger partial charge >= 0.3 is 0 Å². The Hall–Kier alpha value is -1.08. The number of halogens is 1. The molecule has 1 aromatic carbocycles. The molecule has 0 saturated carbocycles. The molecule has 3 rings (SSSR count). The first kappa shape index (κ1) is 15.8. The molecule has 1 saturated heterocycles. The number of rotatable bonds is 3. The van der Waals surface area contributed by atoms with E-state index in [1.54, 1.807) is 20.3 Å². The summed E-state index contributed by atoms with van der Waals surface area (Å²) in [6.07, 6.45) is 5.45. The number of fused-ring (bicyclic) bond motifs is 1. The molecule has 0 radical (unpaired) electrons. The number of carbonyl (C=O) groups is 1. The SMILES string of the molecule is COc1cc(C23C=CC(=O)CC2N(C)CC3)cc(I)c1OC. The zero-order valence-electron chi connectivity index (χ0n) is 13.1. The number of likely N-dealkylation sites (tertiary alicyclic amines) is 1. The van der Waals surface area contributed by atoms with Gasteiger partial charge in [0.25, 0.3) is 0 Å². The van der Waals surface area contributed by atoms with Gasteiger partial charge in [-0.25, -0.2) is 0 Å². The number of hydrogen-bond donors (Lipinski definition) is 0. The highest BCUT2D eigenvalue weighted by atomic mass is 127. The smallest absolute Gasteiger partial charge is 0.174 e. The second-order valence-electron chi connectivity index (χ2n) is 5.98. The van der Waals surface area contributed by atoms with Gasteiger partial charge in [0.2, 0.25) is 0 Å². The van der Waals surface area contributed by atoms with Gasteiger partial charge in [-0.1, -0.05) is 6.08 Å². The van der Waals surface area contributed by atoms with Gasteiger partial charge in [-0.3, -0.25) is 4.79 Å². The van der Waals surface area contributed by atoms with Crippen LogP contribution >= 0.6 is 22.6 Å². The van der Waals surface area contributed by atoms with Crippen molar-refractivity contribution < 1.29 is 14.3 Å². The van der Waals surface area contributed by atoms with E-state index in [0.29, 0.717) is 6.42 Å². The first-order valence-corrected chi connectivity index (χ1v) is 8.44. The summed E-state index contributed by atoms with van der Waals surface area (Å²) in [5, 5.41) is 0. The van der Waals surface area contributed by atoms with E-state index in [-0.39, 0.29) is 17.2 Å². The number of methoxy groups -OCH3 is 2. The number of ketones is 1. The van der Waals surface area contributed by atoms with Gasteiger partial charge < -0.3 is 14.4 Å². The van der Waals surface area contributed by atoms with E-state index < -0.39 is 0 Å². The molecule has 22 heavy (non-hydrogen) atoms. The third-order valence-electron chi connectivity index (χ3n) is 4.94. The number of carbonyl (C=O) groups excluding carboxylic acids is 1. The quantitative estimate of drug-likeness (QED) is 0.715. The molecule has 1 heterocycles. The van der Waals surface area contributed by atoms with E-state index in [9.17, 15) is 4.79 Å². The third kappa shape index (κ3) is 2.34. The van der Waals surface area contributed by atoms with Crippen molar-refractivity contribution in [2.45, 2.75) is 24.3 Å². The molecule has 1 fully saturated rings. The minimum Gasteiger partial charge on any atom is -0.493 e. The summed E-state index contributed by atoms with van der Waals surface area (Å²) in [6, 6.07) is 4.44. The van der Waals surface area contributed by atoms with Crippen molar-refractivity contribution in [2.75, 3.05) is 27.8 Å². The van der Waals surface area contributed by atoms with Crippen LogP contribution in [0.1, 0.15) is 18.4 Å². The number of ether oxygens (including phenoxy) is 2. The lowest BCUT2D eigenvalue weighted by atomic mass is 9.69. The maximum absolute atomic E-state index is 11.9. The Bertz CT molecular complexity index is 643. The molecule has 0 amide bonds. The van der Waals surface area contributed by atoms with E-state index in [1.807, 2.05) is 0 Å². The summed E-state index contributed by atoms with van der Waals surface area (Å²) in [7, 11) is 5.42. The van der Waals surface area contributed by atoms with Crippen LogP contribution in [-0.4, -0.2) is 44.5 Å². The van der Waals surface area contributed by atoms with Crippen LogP contribution in [0.15, 0.2) is 24.3 Å². The molecule has 1 aliphatic carbocycles. The van der Waals surface area contributed by atoms with Crippen molar-refractivity contribution in [3.63, 3.8) is 0 Å². The van der Waals surface area contributed by atoms with Crippen molar-refractivity contribution in [3.05, 3.63) is 33.4 Å². The summed E-state index contributed by atoms with van der Waals surface area (Å²) in [6.45, 7) is 0.993. The second kappa shape index (κ2) is 5.85. The highest BCUT2D eigenvalue weighted by Crippen LogP contribution is 2.47. The third-order valence-corrected chi connectivity index (χ3v) is 5.74. The minimum atomic E-state index is -0.109. The fourth-order valence-corrected chi connectivity index (χ4v) is 4.55. The van der Waals surface area contributed by atoms with Gasteiger partial charge in [0.15, 0.2) is 17.3 Å². The Morgan fingerprint density at radius 3 is 2.77 bits per heavy atom. The number of allylic oxidation sites excluding steroid dienone is 1. The standard InChI is InChI=1S/C17H20INO3/c1-19-7-6-17(5-4-12(20)10-15(17)19)11-8-13(18)16(22-3)14(9-11)21-2/h4-5,8-9,15H,6-7,10H2,1-3H3. The molecule has 1 aliphatic heterocycles. The number of likely N-dealkylation sites (N-methyl/N-ethyl adjacent to an activating group) is 1. The molecule has 2 aliphatic rings. The number of hydrogen-bond acceptors (Lipinski definition) is 4. The maximum Gasteiger partial charge on any atom is 0.174 e. The predicted molar refractivity (Wildman–Crippen MR) is 93.7 cm³/mol. The van der Waals surface area contributed by atoms with Gasteiger partial charge in [-0.05, 0) is 66.4 Å². The lowest BCUT2D eigenvalue weighted by Gasteiger charge is -2.37. The van der Waals surface area contributed by atoms with Crippen LogP contribution < -0.4 is 9.47 Å². The lowest BCUT2D eigenvalue weighted by molar-refractivity contribution is -0.116. The van der Waals surface area contributed by atoms with Gasteiger partial charge in [0.1, 0.15) is 0 Å². The Labute approximate surface area is 144 Å². The Morgan fingerprint density at radius 2 is 2.09 bits per heavy atom. The highest BCUT2D eigenvalue weighted by molar-refractivity contribution is 14.1. The molecular weight excluding hydrogens is 393 g/mol. The molecule has 1 aromatic rings. The van der Waals surface area contributed by atoms with Crippen LogP contribution in [0.2, 0.25) is 0 Å². The summed E-state index contributed by atoms with van der Waals surface area (Å²) in [5.74, 6) is 1.73.